The Morgan fingerprint density at radius 3 is 2.27 bits per heavy atom. The molecule has 0 aliphatic carbocycles. The van der Waals surface area contributed by atoms with Gasteiger partial charge in [-0.2, -0.15) is 0 Å². The van der Waals surface area contributed by atoms with Crippen molar-refractivity contribution in [1.29, 1.82) is 0 Å². The van der Waals surface area contributed by atoms with E-state index in [2.05, 4.69) is 65.0 Å². The maximum absolute atomic E-state index is 13.7. The highest BCUT2D eigenvalue weighted by Gasteiger charge is 2.48. The first kappa shape index (κ1) is 35.2. The number of allylic oxidation sites excluding steroid dienone is 7. The number of para-hydroxylation sites is 1. The lowest BCUT2D eigenvalue weighted by atomic mass is 9.85. The van der Waals surface area contributed by atoms with Crippen molar-refractivity contribution in [3.63, 3.8) is 0 Å². The van der Waals surface area contributed by atoms with E-state index < -0.39 is 11.6 Å². The fourth-order valence-corrected chi connectivity index (χ4v) is 6.53. The minimum atomic E-state index is -1.43. The van der Waals surface area contributed by atoms with Crippen molar-refractivity contribution in [1.82, 2.24) is 9.55 Å². The Morgan fingerprint density at radius 1 is 0.917 bits per heavy atom. The summed E-state index contributed by atoms with van der Waals surface area (Å²) in [5, 5.41) is 1.03. The van der Waals surface area contributed by atoms with Gasteiger partial charge in [0.05, 0.1) is 35.6 Å². The number of ether oxygens (including phenoxy) is 3. The van der Waals surface area contributed by atoms with E-state index in [1.807, 2.05) is 37.3 Å². The van der Waals surface area contributed by atoms with E-state index in [1.54, 1.807) is 4.57 Å². The third-order valence-electron chi connectivity index (χ3n) is 9.48. The van der Waals surface area contributed by atoms with Gasteiger partial charge >= 0.3 is 5.97 Å². The van der Waals surface area contributed by atoms with E-state index in [1.165, 1.54) is 22.3 Å². The molecule has 2 aliphatic heterocycles. The number of hydrogen-bond donors (Lipinski definition) is 0. The zero-order chi connectivity index (χ0) is 34.3. The molecule has 2 aromatic heterocycles. The minimum Gasteiger partial charge on any atom is -0.458 e. The van der Waals surface area contributed by atoms with Crippen molar-refractivity contribution >= 4 is 16.9 Å². The Bertz CT molecular complexity index is 1840. The quantitative estimate of drug-likeness (QED) is 0.0552. The molecular formula is C41H50N2O5. The lowest BCUT2D eigenvalue weighted by Crippen LogP contribution is -2.46. The SMILES string of the molecule is CC[C@@]1(OCOCC=C(C)CCC=C(C)CCC=C(C)CCC=C(C)C)C(=O)OCc2c1cc1n(c2=O)Cc2cc3ccccc3nc2-1. The summed E-state index contributed by atoms with van der Waals surface area (Å²) in [5.74, 6) is -0.501. The third-order valence-corrected chi connectivity index (χ3v) is 9.48. The number of pyridine rings is 2. The monoisotopic (exact) mass is 650 g/mol. The van der Waals surface area contributed by atoms with Gasteiger partial charge in [0.25, 0.3) is 5.56 Å². The summed E-state index contributed by atoms with van der Waals surface area (Å²) in [6, 6.07) is 11.9. The molecule has 0 spiro atoms. The molecule has 0 fully saturated rings. The standard InChI is InChI=1S/C41H50N2O5/c1-7-41(48-27-46-22-21-31(6)18-12-17-30(5)16-11-15-29(4)14-10-13-28(2)3)35-24-37-38-33(23-32-19-8-9-20-36(32)42-38)25-43(37)39(44)34(35)26-47-40(41)45/h8-9,13,15,17,19-21,23-24H,7,10-12,14,16,18,22,25-27H2,1-6H3/t41-/m0/s1. The molecule has 0 unspecified atom stereocenters. The van der Waals surface area contributed by atoms with Crippen LogP contribution in [0, 0.1) is 0 Å². The molecule has 0 saturated heterocycles. The van der Waals surface area contributed by atoms with Crippen LogP contribution in [0.4, 0.5) is 0 Å². The largest absolute Gasteiger partial charge is 0.458 e. The number of cyclic esters (lactones) is 1. The predicted octanol–water partition coefficient (Wildman–Crippen LogP) is 9.22. The normalized spacial score (nSPS) is 17.6. The van der Waals surface area contributed by atoms with E-state index in [-0.39, 0.29) is 19.0 Å². The Balaban J connectivity index is 1.17. The summed E-state index contributed by atoms with van der Waals surface area (Å²) in [6.45, 7) is 13.3. The number of aromatic nitrogens is 2. The molecule has 0 amide bonds. The lowest BCUT2D eigenvalue weighted by molar-refractivity contribution is -0.198. The first-order valence-electron chi connectivity index (χ1n) is 17.3. The molecule has 4 heterocycles. The molecule has 2 aliphatic rings. The van der Waals surface area contributed by atoms with Crippen LogP contribution in [0.2, 0.25) is 0 Å². The van der Waals surface area contributed by atoms with Gasteiger partial charge < -0.3 is 18.8 Å². The van der Waals surface area contributed by atoms with Gasteiger partial charge in [0, 0.05) is 16.5 Å². The lowest BCUT2D eigenvalue weighted by Gasteiger charge is -2.36. The number of carbonyl (C=O) groups is 1. The van der Waals surface area contributed by atoms with Crippen molar-refractivity contribution in [3.05, 3.63) is 110 Å². The Kier molecular flexibility index (Phi) is 11.7. The van der Waals surface area contributed by atoms with Gasteiger partial charge in [-0.1, -0.05) is 71.7 Å². The smallest absolute Gasteiger partial charge is 0.343 e. The molecule has 3 aromatic rings. The van der Waals surface area contributed by atoms with Crippen LogP contribution in [0.15, 0.2) is 87.8 Å². The minimum absolute atomic E-state index is 0.0756. The van der Waals surface area contributed by atoms with Gasteiger partial charge in [-0.3, -0.25) is 4.79 Å². The Labute approximate surface area is 285 Å². The zero-order valence-corrected chi connectivity index (χ0v) is 29.5. The van der Waals surface area contributed by atoms with E-state index in [0.29, 0.717) is 36.4 Å². The average molecular weight is 651 g/mol. The van der Waals surface area contributed by atoms with E-state index >= 15 is 0 Å². The van der Waals surface area contributed by atoms with Crippen LogP contribution in [0.3, 0.4) is 0 Å². The summed E-state index contributed by atoms with van der Waals surface area (Å²) in [7, 11) is 0. The number of fused-ring (bicyclic) bond motifs is 5. The Hall–Kier alpha value is -4.07. The number of benzene rings is 1. The second-order valence-corrected chi connectivity index (χ2v) is 13.4. The number of esters is 1. The molecule has 0 radical (unpaired) electrons. The molecule has 7 heteroatoms. The molecule has 0 N–H and O–H groups in total. The number of carbonyl (C=O) groups excluding carboxylic acids is 1. The highest BCUT2D eigenvalue weighted by molar-refractivity contribution is 5.86. The fraction of sp³-hybridized carbons (Fsp3) is 0.439. The highest BCUT2D eigenvalue weighted by Crippen LogP contribution is 2.40. The van der Waals surface area contributed by atoms with Crippen LogP contribution >= 0.6 is 0 Å². The first-order chi connectivity index (χ1) is 23.1. The summed E-state index contributed by atoms with van der Waals surface area (Å²) < 4.78 is 19.3. The number of hydrogen-bond acceptors (Lipinski definition) is 6. The topological polar surface area (TPSA) is 79.7 Å². The number of rotatable bonds is 15. The summed E-state index contributed by atoms with van der Waals surface area (Å²) in [6.07, 6.45) is 15.7. The first-order valence-corrected chi connectivity index (χ1v) is 17.3. The average Bonchev–Trinajstić information content (AvgIpc) is 3.42. The van der Waals surface area contributed by atoms with Crippen LogP contribution in [-0.4, -0.2) is 28.9 Å². The van der Waals surface area contributed by atoms with Crippen LogP contribution in [0.1, 0.15) is 103 Å². The molecule has 7 nitrogen and oxygen atoms in total. The second-order valence-electron chi connectivity index (χ2n) is 13.4. The highest BCUT2D eigenvalue weighted by atomic mass is 16.7. The van der Waals surface area contributed by atoms with Crippen LogP contribution < -0.4 is 5.56 Å². The number of nitrogens with zero attached hydrogens (tertiary/aromatic N) is 2. The van der Waals surface area contributed by atoms with E-state index in [9.17, 15) is 9.59 Å². The molecule has 5 rings (SSSR count). The molecule has 0 saturated carbocycles. The summed E-state index contributed by atoms with van der Waals surface area (Å²) in [5.41, 5.74) is 8.19. The van der Waals surface area contributed by atoms with Crippen molar-refractivity contribution in [2.45, 2.75) is 105 Å². The van der Waals surface area contributed by atoms with Crippen molar-refractivity contribution in [3.8, 4) is 11.4 Å². The molecule has 0 bridgehead atoms. The summed E-state index contributed by atoms with van der Waals surface area (Å²) >= 11 is 0. The summed E-state index contributed by atoms with van der Waals surface area (Å²) in [4.78, 5) is 31.9. The molecular weight excluding hydrogens is 600 g/mol. The molecule has 1 aromatic carbocycles. The van der Waals surface area contributed by atoms with Crippen LogP contribution in [-0.2, 0) is 37.8 Å². The Morgan fingerprint density at radius 2 is 1.58 bits per heavy atom. The van der Waals surface area contributed by atoms with E-state index in [0.717, 1.165) is 60.7 Å². The maximum Gasteiger partial charge on any atom is 0.343 e. The van der Waals surface area contributed by atoms with Gasteiger partial charge in [0.2, 0.25) is 0 Å². The van der Waals surface area contributed by atoms with Gasteiger partial charge in [0.1, 0.15) is 13.4 Å². The van der Waals surface area contributed by atoms with Gasteiger partial charge in [-0.25, -0.2) is 9.78 Å². The van der Waals surface area contributed by atoms with Crippen LogP contribution in [0.25, 0.3) is 22.3 Å². The second kappa shape index (κ2) is 15.9. The van der Waals surface area contributed by atoms with E-state index in [4.69, 9.17) is 19.2 Å². The van der Waals surface area contributed by atoms with Gasteiger partial charge in [-0.05, 0) is 97.8 Å². The maximum atomic E-state index is 13.7. The third kappa shape index (κ3) is 7.96. The van der Waals surface area contributed by atoms with Crippen molar-refractivity contribution in [2.75, 3.05) is 13.4 Å². The molecule has 1 atom stereocenters. The zero-order valence-electron chi connectivity index (χ0n) is 29.5. The molecule has 48 heavy (non-hydrogen) atoms. The van der Waals surface area contributed by atoms with Gasteiger partial charge in [-0.15, -0.1) is 0 Å². The van der Waals surface area contributed by atoms with Crippen molar-refractivity contribution < 1.29 is 19.0 Å². The van der Waals surface area contributed by atoms with Crippen LogP contribution in [0.5, 0.6) is 0 Å². The fourth-order valence-electron chi connectivity index (χ4n) is 6.53. The molecule has 254 valence electrons. The van der Waals surface area contributed by atoms with Crippen molar-refractivity contribution in [2.24, 2.45) is 0 Å². The van der Waals surface area contributed by atoms with Gasteiger partial charge in [0.15, 0.2) is 5.60 Å². The predicted molar refractivity (Wildman–Crippen MR) is 193 cm³/mol.